The average Bonchev–Trinajstić information content (AvgIpc) is 3.49. The van der Waals surface area contributed by atoms with E-state index < -0.39 is 29.6 Å². The van der Waals surface area contributed by atoms with Gasteiger partial charge in [-0.05, 0) is 24.6 Å². The molecule has 1 fully saturated rings. The van der Waals surface area contributed by atoms with Gasteiger partial charge in [0.05, 0.1) is 47.0 Å². The molecule has 1 N–H and O–H groups in total. The van der Waals surface area contributed by atoms with Gasteiger partial charge in [-0.25, -0.2) is 27.9 Å². The molecule has 0 spiro atoms. The first-order valence-electron chi connectivity index (χ1n) is 12.4. The van der Waals surface area contributed by atoms with Gasteiger partial charge in [-0.3, -0.25) is 13.9 Å². The molecule has 2 aromatic carbocycles. The molecule has 1 unspecified atom stereocenters. The highest BCUT2D eigenvalue weighted by molar-refractivity contribution is 6.34. The standard InChI is InChI=1S/C25H21Cl2F2N9O3/c1-35-12-30-22(34-35)11-38-24(39)32-23(37(25(38)40)9-13-4-16(26)19(29)7-18(13)28)31-21-5-14-8-36(10-15-2-3-41-15)33-20(14)6-17(21)27/h4-8,12,15H,2-3,9-11H2,1H3,(H,31,32,39). The van der Waals surface area contributed by atoms with E-state index in [1.165, 1.54) is 11.0 Å². The number of fused-ring (bicyclic) bond motifs is 1. The fraction of sp³-hybridized carbons (Fsp3) is 0.280. The Morgan fingerprint density at radius 2 is 1.85 bits per heavy atom. The van der Waals surface area contributed by atoms with E-state index in [4.69, 9.17) is 27.9 Å². The molecule has 0 amide bonds. The van der Waals surface area contributed by atoms with Crippen LogP contribution in [0.4, 0.5) is 20.4 Å². The molecule has 1 aliphatic rings. The predicted octanol–water partition coefficient (Wildman–Crippen LogP) is 3.10. The van der Waals surface area contributed by atoms with Crippen molar-refractivity contribution in [2.75, 3.05) is 11.9 Å². The van der Waals surface area contributed by atoms with E-state index in [1.807, 2.05) is 6.20 Å². The number of ether oxygens (including phenoxy) is 1. The van der Waals surface area contributed by atoms with Crippen molar-refractivity contribution >= 4 is 45.7 Å². The van der Waals surface area contributed by atoms with Crippen LogP contribution >= 0.6 is 23.2 Å². The molecule has 0 aliphatic carbocycles. The first-order valence-corrected chi connectivity index (χ1v) is 13.1. The van der Waals surface area contributed by atoms with E-state index in [-0.39, 0.29) is 40.0 Å². The normalized spacial score (nSPS) is 14.9. The second kappa shape index (κ2) is 10.7. The highest BCUT2D eigenvalue weighted by atomic mass is 35.5. The fourth-order valence-electron chi connectivity index (χ4n) is 4.40. The minimum atomic E-state index is -0.951. The van der Waals surface area contributed by atoms with E-state index in [0.29, 0.717) is 23.8 Å². The number of halogens is 4. The molecule has 16 heteroatoms. The van der Waals surface area contributed by atoms with Gasteiger partial charge in [-0.1, -0.05) is 23.2 Å². The zero-order valence-electron chi connectivity index (χ0n) is 21.4. The van der Waals surface area contributed by atoms with Gasteiger partial charge in [0.1, 0.15) is 18.0 Å². The van der Waals surface area contributed by atoms with Crippen LogP contribution in [0, 0.1) is 11.6 Å². The van der Waals surface area contributed by atoms with E-state index >= 15 is 0 Å². The van der Waals surface area contributed by atoms with Crippen LogP contribution in [0.15, 0.2) is 46.4 Å². The summed E-state index contributed by atoms with van der Waals surface area (Å²) in [7, 11) is 1.63. The van der Waals surface area contributed by atoms with Crippen molar-refractivity contribution in [3.05, 3.63) is 90.8 Å². The number of nitrogens with zero attached hydrogens (tertiary/aromatic N) is 8. The van der Waals surface area contributed by atoms with Crippen LogP contribution in [0.2, 0.25) is 10.0 Å². The van der Waals surface area contributed by atoms with Crippen LogP contribution in [0.5, 0.6) is 0 Å². The Morgan fingerprint density at radius 3 is 2.56 bits per heavy atom. The van der Waals surface area contributed by atoms with Crippen LogP contribution in [-0.4, -0.2) is 51.4 Å². The van der Waals surface area contributed by atoms with Gasteiger partial charge in [-0.2, -0.15) is 15.2 Å². The van der Waals surface area contributed by atoms with Crippen molar-refractivity contribution in [3.63, 3.8) is 0 Å². The van der Waals surface area contributed by atoms with Crippen LogP contribution in [0.1, 0.15) is 17.8 Å². The molecule has 5 aromatic rings. The highest BCUT2D eigenvalue weighted by Crippen LogP contribution is 2.30. The number of benzene rings is 2. The van der Waals surface area contributed by atoms with Crippen molar-refractivity contribution in [1.82, 2.24) is 38.7 Å². The molecule has 41 heavy (non-hydrogen) atoms. The van der Waals surface area contributed by atoms with Crippen LogP contribution in [-0.2, 0) is 31.4 Å². The Labute approximate surface area is 239 Å². The number of hydrogen-bond acceptors (Lipinski definition) is 8. The summed E-state index contributed by atoms with van der Waals surface area (Å²) in [5.41, 5.74) is -0.896. The summed E-state index contributed by atoms with van der Waals surface area (Å²) >= 11 is 12.4. The Kier molecular flexibility index (Phi) is 7.05. The maximum atomic E-state index is 14.7. The second-order valence-corrected chi connectivity index (χ2v) is 10.3. The van der Waals surface area contributed by atoms with Crippen LogP contribution in [0.25, 0.3) is 10.9 Å². The fourth-order valence-corrected chi connectivity index (χ4v) is 4.79. The lowest BCUT2D eigenvalue weighted by atomic mass is 10.2. The quantitative estimate of drug-likeness (QED) is 0.268. The van der Waals surface area contributed by atoms with E-state index in [2.05, 4.69) is 25.5 Å². The van der Waals surface area contributed by atoms with Crippen molar-refractivity contribution in [3.8, 4) is 0 Å². The number of aromatic nitrogens is 8. The van der Waals surface area contributed by atoms with E-state index in [9.17, 15) is 18.4 Å². The number of aryl methyl sites for hydroxylation is 1. The third-order valence-corrected chi connectivity index (χ3v) is 7.19. The van der Waals surface area contributed by atoms with Gasteiger partial charge in [0.2, 0.25) is 5.95 Å². The molecular weight excluding hydrogens is 583 g/mol. The number of anilines is 2. The van der Waals surface area contributed by atoms with Gasteiger partial charge < -0.3 is 10.1 Å². The van der Waals surface area contributed by atoms with E-state index in [0.717, 1.165) is 33.6 Å². The summed E-state index contributed by atoms with van der Waals surface area (Å²) in [4.78, 5) is 34.7. The molecule has 0 saturated carbocycles. The molecule has 3 aromatic heterocycles. The molecule has 4 heterocycles. The first kappa shape index (κ1) is 27.1. The average molecular weight is 604 g/mol. The molecule has 1 saturated heterocycles. The summed E-state index contributed by atoms with van der Waals surface area (Å²) in [5.74, 6) is -1.92. The zero-order chi connectivity index (χ0) is 28.8. The monoisotopic (exact) mass is 603 g/mol. The molecule has 6 rings (SSSR count). The second-order valence-electron chi connectivity index (χ2n) is 9.51. The van der Waals surface area contributed by atoms with Gasteiger partial charge in [0.25, 0.3) is 0 Å². The van der Waals surface area contributed by atoms with Crippen molar-refractivity contribution < 1.29 is 13.5 Å². The van der Waals surface area contributed by atoms with Crippen molar-refractivity contribution in [1.29, 1.82) is 0 Å². The van der Waals surface area contributed by atoms with Gasteiger partial charge in [0.15, 0.2) is 5.82 Å². The Balaban J connectivity index is 1.41. The minimum absolute atomic E-state index is 0.101. The molecule has 1 atom stereocenters. The topological polar surface area (TPSA) is 127 Å². The summed E-state index contributed by atoms with van der Waals surface area (Å²) in [6.07, 6.45) is 4.29. The molecule has 212 valence electrons. The Bertz CT molecular complexity index is 1910. The maximum absolute atomic E-state index is 14.7. The summed E-state index contributed by atoms with van der Waals surface area (Å²) < 4.78 is 39.0. The highest BCUT2D eigenvalue weighted by Gasteiger charge is 2.21. The van der Waals surface area contributed by atoms with Gasteiger partial charge >= 0.3 is 11.4 Å². The number of rotatable bonds is 8. The SMILES string of the molecule is Cn1cnc(Cn2c(=O)nc(Nc3cc4cn(CC5CCO5)nc4cc3Cl)n(Cc3cc(Cl)c(F)cc3F)c2=O)n1. The lowest BCUT2D eigenvalue weighted by Gasteiger charge is -2.25. The van der Waals surface area contributed by atoms with Crippen molar-refractivity contribution in [2.24, 2.45) is 7.05 Å². The molecule has 1 aliphatic heterocycles. The lowest BCUT2D eigenvalue weighted by molar-refractivity contribution is -0.0608. The lowest BCUT2D eigenvalue weighted by Crippen LogP contribution is -2.43. The van der Waals surface area contributed by atoms with E-state index in [1.54, 1.807) is 23.9 Å². The molecule has 12 nitrogen and oxygen atoms in total. The smallest absolute Gasteiger partial charge is 0.355 e. The first-order chi connectivity index (χ1) is 19.6. The number of nitrogens with one attached hydrogen (secondary N) is 1. The third-order valence-electron chi connectivity index (χ3n) is 6.59. The summed E-state index contributed by atoms with van der Waals surface area (Å²) in [5, 5.41) is 12.2. The van der Waals surface area contributed by atoms with Crippen molar-refractivity contribution in [2.45, 2.75) is 32.2 Å². The van der Waals surface area contributed by atoms with Crippen LogP contribution in [0.3, 0.4) is 0 Å². The molecule has 0 radical (unpaired) electrons. The molecule has 0 bridgehead atoms. The summed E-state index contributed by atoms with van der Waals surface area (Å²) in [6, 6.07) is 5.01. The zero-order valence-corrected chi connectivity index (χ0v) is 22.9. The van der Waals surface area contributed by atoms with Crippen LogP contribution < -0.4 is 16.7 Å². The number of hydrogen-bond donors (Lipinski definition) is 1. The maximum Gasteiger partial charge on any atom is 0.355 e. The summed E-state index contributed by atoms with van der Waals surface area (Å²) in [6.45, 7) is 0.598. The predicted molar refractivity (Wildman–Crippen MR) is 146 cm³/mol. The Morgan fingerprint density at radius 1 is 1.05 bits per heavy atom. The van der Waals surface area contributed by atoms with Gasteiger partial charge in [-0.15, -0.1) is 0 Å². The molecular formula is C25H21Cl2F2N9O3. The largest absolute Gasteiger partial charge is 0.376 e. The Hall–Kier alpha value is -4.14. The minimum Gasteiger partial charge on any atom is -0.376 e. The third kappa shape index (κ3) is 5.45. The van der Waals surface area contributed by atoms with Gasteiger partial charge in [0, 0.05) is 36.9 Å².